The number of hydrogen-bond donors (Lipinski definition) is 1. The fourth-order valence-electron chi connectivity index (χ4n) is 2.77. The van der Waals surface area contributed by atoms with E-state index in [0.717, 1.165) is 10.4 Å². The number of hydrogen-bond acceptors (Lipinski definition) is 6. The Kier molecular flexibility index (Phi) is 7.84. The van der Waals surface area contributed by atoms with E-state index in [4.69, 9.17) is 9.88 Å². The van der Waals surface area contributed by atoms with Crippen molar-refractivity contribution in [2.24, 2.45) is 10.1 Å². The highest BCUT2D eigenvalue weighted by molar-refractivity contribution is 7.99. The smallest absolute Gasteiger partial charge is 0.249 e. The van der Waals surface area contributed by atoms with Gasteiger partial charge in [-0.3, -0.25) is 4.79 Å². The number of aromatic nitrogens is 1. The number of carbonyl (C=O) groups is 1. The Labute approximate surface area is 183 Å². The van der Waals surface area contributed by atoms with Crippen LogP contribution in [0.2, 0.25) is 0 Å². The highest BCUT2D eigenvalue weighted by Gasteiger charge is 2.13. The second-order valence-corrected chi connectivity index (χ2v) is 10.1. The molecule has 2 N–H and O–H groups in total. The van der Waals surface area contributed by atoms with Gasteiger partial charge in [-0.15, -0.1) is 11.8 Å². The second kappa shape index (κ2) is 10.4. The number of ether oxygens (including phenoxy) is 1. The maximum absolute atomic E-state index is 12.5. The van der Waals surface area contributed by atoms with Crippen LogP contribution in [-0.2, 0) is 26.1 Å². The molecule has 3 aromatic rings. The molecule has 0 spiro atoms. The highest BCUT2D eigenvalue weighted by atomic mass is 32.2. The van der Waals surface area contributed by atoms with E-state index in [0.29, 0.717) is 41.4 Å². The maximum atomic E-state index is 12.5. The Morgan fingerprint density at radius 1 is 1.23 bits per heavy atom. The van der Waals surface area contributed by atoms with Crippen LogP contribution in [0.25, 0.3) is 10.2 Å². The van der Waals surface area contributed by atoms with Crippen molar-refractivity contribution in [2.45, 2.75) is 29.7 Å². The van der Waals surface area contributed by atoms with Gasteiger partial charge in [0.25, 0.3) is 0 Å². The molecule has 0 saturated carbocycles. The fourth-order valence-corrected chi connectivity index (χ4v) is 5.36. The molecule has 0 unspecified atom stereocenters. The molecule has 0 aliphatic heterocycles. The lowest BCUT2D eigenvalue weighted by Crippen LogP contribution is -2.20. The van der Waals surface area contributed by atoms with Gasteiger partial charge in [-0.1, -0.05) is 29.5 Å². The van der Waals surface area contributed by atoms with E-state index in [1.807, 2.05) is 41.8 Å². The largest absolute Gasteiger partial charge is 0.380 e. The van der Waals surface area contributed by atoms with Crippen LogP contribution in [0.15, 0.2) is 63.3 Å². The summed E-state index contributed by atoms with van der Waals surface area (Å²) in [6.45, 7) is 3.46. The molecule has 160 valence electrons. The van der Waals surface area contributed by atoms with Crippen LogP contribution in [0.1, 0.15) is 13.3 Å². The number of nitrogens with zero attached hydrogens (tertiary/aromatic N) is 2. The molecule has 0 saturated heterocycles. The Morgan fingerprint density at radius 3 is 2.70 bits per heavy atom. The van der Waals surface area contributed by atoms with Crippen LogP contribution in [0.5, 0.6) is 0 Å². The Balaban J connectivity index is 1.85. The molecule has 10 heteroatoms. The number of benzene rings is 2. The molecular formula is C20H23N3O4S3. The van der Waals surface area contributed by atoms with Gasteiger partial charge in [-0.05, 0) is 37.3 Å². The van der Waals surface area contributed by atoms with Gasteiger partial charge in [0.2, 0.25) is 15.9 Å². The van der Waals surface area contributed by atoms with E-state index in [9.17, 15) is 13.2 Å². The van der Waals surface area contributed by atoms with Crippen molar-refractivity contribution in [2.75, 3.05) is 19.0 Å². The van der Waals surface area contributed by atoms with Crippen LogP contribution in [0.3, 0.4) is 0 Å². The second-order valence-electron chi connectivity index (χ2n) is 6.32. The number of rotatable bonds is 9. The SMILES string of the molecule is CCOCCn1c(=NC(=O)CCSc2ccccc2)sc2cc(S(N)(=O)=O)ccc21. The Morgan fingerprint density at radius 2 is 2.00 bits per heavy atom. The molecule has 0 bridgehead atoms. The maximum Gasteiger partial charge on any atom is 0.249 e. The molecule has 0 atom stereocenters. The lowest BCUT2D eigenvalue weighted by atomic mass is 10.3. The highest BCUT2D eigenvalue weighted by Crippen LogP contribution is 2.22. The van der Waals surface area contributed by atoms with Crippen molar-refractivity contribution < 1.29 is 17.9 Å². The van der Waals surface area contributed by atoms with E-state index in [1.54, 1.807) is 17.8 Å². The van der Waals surface area contributed by atoms with Crippen molar-refractivity contribution in [3.63, 3.8) is 0 Å². The van der Waals surface area contributed by atoms with Crippen LogP contribution < -0.4 is 9.94 Å². The first kappa shape index (κ1) is 22.7. The number of primary sulfonamides is 1. The molecule has 30 heavy (non-hydrogen) atoms. The first-order valence-electron chi connectivity index (χ1n) is 9.38. The van der Waals surface area contributed by atoms with Gasteiger partial charge in [0.05, 0.1) is 21.7 Å². The van der Waals surface area contributed by atoms with E-state index in [-0.39, 0.29) is 10.8 Å². The minimum absolute atomic E-state index is 0.0327. The summed E-state index contributed by atoms with van der Waals surface area (Å²) < 4.78 is 31.4. The third-order valence-electron chi connectivity index (χ3n) is 4.19. The molecule has 1 aromatic heterocycles. The van der Waals surface area contributed by atoms with Gasteiger partial charge in [-0.25, -0.2) is 13.6 Å². The predicted molar refractivity (Wildman–Crippen MR) is 120 cm³/mol. The third kappa shape index (κ3) is 6.02. The zero-order valence-electron chi connectivity index (χ0n) is 16.5. The summed E-state index contributed by atoms with van der Waals surface area (Å²) in [5.74, 6) is 0.410. The fraction of sp³-hybridized carbons (Fsp3) is 0.300. The van der Waals surface area contributed by atoms with Gasteiger partial charge in [0, 0.05) is 30.2 Å². The van der Waals surface area contributed by atoms with Gasteiger partial charge in [0.1, 0.15) is 0 Å². The molecule has 0 aliphatic carbocycles. The number of fused-ring (bicyclic) bond motifs is 1. The normalized spacial score (nSPS) is 12.5. The number of carbonyl (C=O) groups excluding carboxylic acids is 1. The molecule has 0 fully saturated rings. The first-order chi connectivity index (χ1) is 14.4. The lowest BCUT2D eigenvalue weighted by molar-refractivity contribution is -0.117. The summed E-state index contributed by atoms with van der Waals surface area (Å²) in [5.41, 5.74) is 0.789. The molecule has 1 heterocycles. The van der Waals surface area contributed by atoms with Gasteiger partial charge >= 0.3 is 0 Å². The van der Waals surface area contributed by atoms with E-state index in [1.165, 1.54) is 23.5 Å². The van der Waals surface area contributed by atoms with Crippen molar-refractivity contribution in [3.05, 3.63) is 53.3 Å². The third-order valence-corrected chi connectivity index (χ3v) is 7.16. The summed E-state index contributed by atoms with van der Waals surface area (Å²) in [5, 5.41) is 5.24. The molecule has 0 aliphatic rings. The Bertz CT molecular complexity index is 1180. The van der Waals surface area contributed by atoms with Gasteiger partial charge < -0.3 is 9.30 Å². The monoisotopic (exact) mass is 465 g/mol. The minimum atomic E-state index is -3.81. The summed E-state index contributed by atoms with van der Waals surface area (Å²) in [4.78, 5) is 18.4. The molecule has 3 rings (SSSR count). The van der Waals surface area contributed by atoms with Crippen LogP contribution >= 0.6 is 23.1 Å². The number of thioether (sulfide) groups is 1. The number of thiazole rings is 1. The first-order valence-corrected chi connectivity index (χ1v) is 12.7. The number of amides is 1. The molecule has 0 radical (unpaired) electrons. The predicted octanol–water partition coefficient (Wildman–Crippen LogP) is 3.00. The number of sulfonamides is 1. The van der Waals surface area contributed by atoms with Gasteiger partial charge in [0.15, 0.2) is 4.80 Å². The topological polar surface area (TPSA) is 104 Å². The molecule has 2 aromatic carbocycles. The quantitative estimate of drug-likeness (QED) is 0.386. The summed E-state index contributed by atoms with van der Waals surface area (Å²) in [7, 11) is -3.81. The van der Waals surface area contributed by atoms with Gasteiger partial charge in [-0.2, -0.15) is 4.99 Å². The van der Waals surface area contributed by atoms with E-state index >= 15 is 0 Å². The van der Waals surface area contributed by atoms with Crippen molar-refractivity contribution in [3.8, 4) is 0 Å². The van der Waals surface area contributed by atoms with Crippen molar-refractivity contribution >= 4 is 49.2 Å². The van der Waals surface area contributed by atoms with Crippen LogP contribution in [-0.4, -0.2) is 37.9 Å². The van der Waals surface area contributed by atoms with E-state index in [2.05, 4.69) is 4.99 Å². The zero-order chi connectivity index (χ0) is 21.6. The average molecular weight is 466 g/mol. The standard InChI is InChI=1S/C20H23N3O4S3/c1-2-27-12-11-23-17-9-8-16(30(21,25)26)14-18(17)29-20(23)22-19(24)10-13-28-15-6-4-3-5-7-15/h3-9,14H,2,10-13H2,1H3,(H2,21,25,26). The summed E-state index contributed by atoms with van der Waals surface area (Å²) in [6.07, 6.45) is 0.307. The van der Waals surface area contributed by atoms with Crippen LogP contribution in [0, 0.1) is 0 Å². The molecule has 1 amide bonds. The molecular weight excluding hydrogens is 442 g/mol. The summed E-state index contributed by atoms with van der Waals surface area (Å²) in [6, 6.07) is 14.5. The van der Waals surface area contributed by atoms with Crippen molar-refractivity contribution in [1.82, 2.24) is 4.57 Å². The number of nitrogens with two attached hydrogens (primary N) is 1. The lowest BCUT2D eigenvalue weighted by Gasteiger charge is -2.06. The van der Waals surface area contributed by atoms with E-state index < -0.39 is 10.0 Å². The van der Waals surface area contributed by atoms with Crippen LogP contribution in [0.4, 0.5) is 0 Å². The Hall–Kier alpha value is -1.98. The minimum Gasteiger partial charge on any atom is -0.380 e. The van der Waals surface area contributed by atoms with Crippen molar-refractivity contribution in [1.29, 1.82) is 0 Å². The zero-order valence-corrected chi connectivity index (χ0v) is 18.9. The summed E-state index contributed by atoms with van der Waals surface area (Å²) >= 11 is 2.87. The molecule has 7 nitrogen and oxygen atoms in total. The average Bonchev–Trinajstić information content (AvgIpc) is 3.04.